The van der Waals surface area contributed by atoms with Crippen molar-refractivity contribution in [1.29, 1.82) is 0 Å². The maximum absolute atomic E-state index is 11.1. The summed E-state index contributed by atoms with van der Waals surface area (Å²) in [6.07, 6.45) is 0.0596. The SMILES string of the molecule is C=CC(=O)OC(C)CC(=O)OCCS(=O)(=O)O. The van der Waals surface area contributed by atoms with Crippen LogP contribution in [-0.2, 0) is 29.2 Å². The van der Waals surface area contributed by atoms with Gasteiger partial charge in [-0.2, -0.15) is 8.42 Å². The number of carbonyl (C=O) groups excluding carboxylic acids is 2. The summed E-state index contributed by atoms with van der Waals surface area (Å²) in [6.45, 7) is 4.22. The summed E-state index contributed by atoms with van der Waals surface area (Å²) in [7, 11) is -4.15. The molecule has 0 rings (SSSR count). The molecular weight excluding hydrogens is 252 g/mol. The summed E-state index contributed by atoms with van der Waals surface area (Å²) in [4.78, 5) is 21.8. The average molecular weight is 266 g/mol. The lowest BCUT2D eigenvalue weighted by Crippen LogP contribution is -2.21. The van der Waals surface area contributed by atoms with Gasteiger partial charge < -0.3 is 9.47 Å². The molecular formula is C9H14O7S. The first-order valence-corrected chi connectivity index (χ1v) is 6.29. The molecule has 1 unspecified atom stereocenters. The Kier molecular flexibility index (Phi) is 6.44. The van der Waals surface area contributed by atoms with Gasteiger partial charge in [-0.3, -0.25) is 9.35 Å². The average Bonchev–Trinajstić information content (AvgIpc) is 2.14. The summed E-state index contributed by atoms with van der Waals surface area (Å²) in [5, 5.41) is 0. The number of rotatable bonds is 7. The zero-order chi connectivity index (χ0) is 13.5. The van der Waals surface area contributed by atoms with Gasteiger partial charge in [0.25, 0.3) is 10.1 Å². The van der Waals surface area contributed by atoms with E-state index in [2.05, 4.69) is 11.3 Å². The van der Waals surface area contributed by atoms with Gasteiger partial charge in [0, 0.05) is 6.08 Å². The van der Waals surface area contributed by atoms with Gasteiger partial charge in [0.1, 0.15) is 18.5 Å². The maximum atomic E-state index is 11.1. The molecule has 0 aliphatic heterocycles. The van der Waals surface area contributed by atoms with Gasteiger partial charge >= 0.3 is 11.9 Å². The van der Waals surface area contributed by atoms with E-state index in [0.717, 1.165) is 6.08 Å². The van der Waals surface area contributed by atoms with E-state index in [4.69, 9.17) is 9.29 Å². The van der Waals surface area contributed by atoms with Gasteiger partial charge in [0.2, 0.25) is 0 Å². The van der Waals surface area contributed by atoms with Crippen molar-refractivity contribution in [2.75, 3.05) is 12.4 Å². The number of hydrogen-bond donors (Lipinski definition) is 1. The molecule has 0 aliphatic carbocycles. The lowest BCUT2D eigenvalue weighted by atomic mass is 10.3. The zero-order valence-electron chi connectivity index (χ0n) is 9.29. The number of ether oxygens (including phenoxy) is 2. The third kappa shape index (κ3) is 9.52. The first-order valence-electron chi connectivity index (χ1n) is 4.68. The van der Waals surface area contributed by atoms with Crippen LogP contribution in [0.25, 0.3) is 0 Å². The summed E-state index contributed by atoms with van der Waals surface area (Å²) in [6, 6.07) is 0. The van der Waals surface area contributed by atoms with E-state index in [1.54, 1.807) is 0 Å². The lowest BCUT2D eigenvalue weighted by Gasteiger charge is -2.10. The highest BCUT2D eigenvalue weighted by atomic mass is 32.2. The van der Waals surface area contributed by atoms with E-state index < -0.39 is 40.5 Å². The molecule has 0 aromatic carbocycles. The van der Waals surface area contributed by atoms with Crippen LogP contribution in [0.15, 0.2) is 12.7 Å². The second kappa shape index (κ2) is 7.02. The molecule has 0 fully saturated rings. The van der Waals surface area contributed by atoms with E-state index in [1.807, 2.05) is 0 Å². The standard InChI is InChI=1S/C9H14O7S/c1-3-8(10)16-7(2)6-9(11)15-4-5-17(12,13)14/h3,7H,1,4-6H2,2H3,(H,12,13,14). The molecule has 0 radical (unpaired) electrons. The summed E-state index contributed by atoms with van der Waals surface area (Å²) >= 11 is 0. The molecule has 98 valence electrons. The van der Waals surface area contributed by atoms with Gasteiger partial charge in [0.15, 0.2) is 0 Å². The molecule has 0 spiro atoms. The van der Waals surface area contributed by atoms with Crippen LogP contribution in [-0.4, -0.2) is 43.4 Å². The highest BCUT2D eigenvalue weighted by Gasteiger charge is 2.14. The van der Waals surface area contributed by atoms with Crippen molar-refractivity contribution < 1.29 is 32.0 Å². The first kappa shape index (κ1) is 15.6. The van der Waals surface area contributed by atoms with Gasteiger partial charge in [0.05, 0.1) is 6.42 Å². The van der Waals surface area contributed by atoms with Crippen molar-refractivity contribution in [3.63, 3.8) is 0 Å². The minimum Gasteiger partial charge on any atom is -0.464 e. The second-order valence-electron chi connectivity index (χ2n) is 3.16. The van der Waals surface area contributed by atoms with Crippen LogP contribution in [0, 0.1) is 0 Å². The van der Waals surface area contributed by atoms with Gasteiger partial charge in [-0.05, 0) is 6.92 Å². The van der Waals surface area contributed by atoms with Gasteiger partial charge in [-0.15, -0.1) is 0 Å². The van der Waals surface area contributed by atoms with Crippen LogP contribution in [0.4, 0.5) is 0 Å². The Morgan fingerprint density at radius 1 is 1.47 bits per heavy atom. The smallest absolute Gasteiger partial charge is 0.330 e. The quantitative estimate of drug-likeness (QED) is 0.390. The van der Waals surface area contributed by atoms with Crippen molar-refractivity contribution in [3.8, 4) is 0 Å². The van der Waals surface area contributed by atoms with Crippen molar-refractivity contribution in [3.05, 3.63) is 12.7 Å². The Morgan fingerprint density at radius 2 is 2.06 bits per heavy atom. The lowest BCUT2D eigenvalue weighted by molar-refractivity contribution is -0.150. The van der Waals surface area contributed by atoms with E-state index >= 15 is 0 Å². The molecule has 1 atom stereocenters. The molecule has 1 N–H and O–H groups in total. The third-order valence-corrected chi connectivity index (χ3v) is 2.23. The van der Waals surface area contributed by atoms with Crippen LogP contribution in [0.1, 0.15) is 13.3 Å². The van der Waals surface area contributed by atoms with Crippen LogP contribution in [0.3, 0.4) is 0 Å². The minimum absolute atomic E-state index is 0.203. The molecule has 17 heavy (non-hydrogen) atoms. The molecule has 0 amide bonds. The largest absolute Gasteiger partial charge is 0.464 e. The third-order valence-electron chi connectivity index (χ3n) is 1.54. The topological polar surface area (TPSA) is 107 Å². The van der Waals surface area contributed by atoms with Crippen LogP contribution in [0.2, 0.25) is 0 Å². The monoisotopic (exact) mass is 266 g/mol. The van der Waals surface area contributed by atoms with Crippen LogP contribution in [0.5, 0.6) is 0 Å². The van der Waals surface area contributed by atoms with Crippen molar-refractivity contribution in [2.24, 2.45) is 0 Å². The number of hydrogen-bond acceptors (Lipinski definition) is 6. The Morgan fingerprint density at radius 3 is 2.53 bits per heavy atom. The Hall–Kier alpha value is -1.41. The van der Waals surface area contributed by atoms with Crippen molar-refractivity contribution in [1.82, 2.24) is 0 Å². The molecule has 0 aliphatic rings. The summed E-state index contributed by atoms with van der Waals surface area (Å²) in [5.41, 5.74) is 0. The highest BCUT2D eigenvalue weighted by molar-refractivity contribution is 7.85. The van der Waals surface area contributed by atoms with E-state index in [0.29, 0.717) is 0 Å². The normalized spacial score (nSPS) is 12.6. The Bertz CT molecular complexity index is 384. The molecule has 0 bridgehead atoms. The number of carbonyl (C=O) groups is 2. The molecule has 0 aromatic heterocycles. The molecule has 0 saturated carbocycles. The molecule has 0 saturated heterocycles. The Balaban J connectivity index is 3.86. The predicted molar refractivity (Wildman–Crippen MR) is 57.7 cm³/mol. The van der Waals surface area contributed by atoms with E-state index in [9.17, 15) is 18.0 Å². The summed E-state index contributed by atoms with van der Waals surface area (Å²) < 4.78 is 38.2. The fourth-order valence-electron chi connectivity index (χ4n) is 0.843. The highest BCUT2D eigenvalue weighted by Crippen LogP contribution is 2.00. The van der Waals surface area contributed by atoms with E-state index in [-0.39, 0.29) is 6.42 Å². The van der Waals surface area contributed by atoms with E-state index in [1.165, 1.54) is 6.92 Å². The fourth-order valence-corrected chi connectivity index (χ4v) is 1.14. The van der Waals surface area contributed by atoms with Gasteiger partial charge in [-0.25, -0.2) is 4.79 Å². The molecule has 8 heteroatoms. The van der Waals surface area contributed by atoms with Crippen LogP contribution < -0.4 is 0 Å². The van der Waals surface area contributed by atoms with Crippen molar-refractivity contribution in [2.45, 2.75) is 19.4 Å². The minimum atomic E-state index is -4.15. The van der Waals surface area contributed by atoms with Crippen molar-refractivity contribution >= 4 is 22.1 Å². The molecule has 7 nitrogen and oxygen atoms in total. The predicted octanol–water partition coefficient (Wildman–Crippen LogP) is -0.0748. The fraction of sp³-hybridized carbons (Fsp3) is 0.556. The summed E-state index contributed by atoms with van der Waals surface area (Å²) in [5.74, 6) is -2.05. The second-order valence-corrected chi connectivity index (χ2v) is 4.73. The zero-order valence-corrected chi connectivity index (χ0v) is 10.1. The number of esters is 2. The maximum Gasteiger partial charge on any atom is 0.330 e. The van der Waals surface area contributed by atoms with Gasteiger partial charge in [-0.1, -0.05) is 6.58 Å². The Labute approximate surface area is 99.1 Å². The van der Waals surface area contributed by atoms with Crippen LogP contribution >= 0.6 is 0 Å². The molecule has 0 heterocycles. The first-order chi connectivity index (χ1) is 7.74. The molecule has 0 aromatic rings.